The van der Waals surface area contributed by atoms with Gasteiger partial charge in [0.25, 0.3) is 0 Å². The number of aromatic nitrogens is 1. The lowest BCUT2D eigenvalue weighted by atomic mass is 10.0. The SMILES string of the molecule is CC(CC(=O)c1ccc[nH]1)C(=O)O. The van der Waals surface area contributed by atoms with Crippen molar-refractivity contribution >= 4 is 11.8 Å². The Morgan fingerprint density at radius 3 is 2.77 bits per heavy atom. The molecule has 1 aromatic rings. The van der Waals surface area contributed by atoms with Crippen molar-refractivity contribution in [1.29, 1.82) is 0 Å². The molecule has 1 unspecified atom stereocenters. The molecule has 0 spiro atoms. The summed E-state index contributed by atoms with van der Waals surface area (Å²) >= 11 is 0. The van der Waals surface area contributed by atoms with Gasteiger partial charge in [-0.3, -0.25) is 9.59 Å². The third kappa shape index (κ3) is 2.43. The van der Waals surface area contributed by atoms with Gasteiger partial charge < -0.3 is 10.1 Å². The average molecular weight is 181 g/mol. The van der Waals surface area contributed by atoms with Crippen molar-refractivity contribution in [3.63, 3.8) is 0 Å². The lowest BCUT2D eigenvalue weighted by Crippen LogP contribution is -2.14. The number of carboxylic acids is 1. The van der Waals surface area contributed by atoms with E-state index in [4.69, 9.17) is 5.11 Å². The summed E-state index contributed by atoms with van der Waals surface area (Å²) in [6.07, 6.45) is 1.68. The molecule has 0 saturated heterocycles. The van der Waals surface area contributed by atoms with Gasteiger partial charge in [-0.15, -0.1) is 0 Å². The van der Waals surface area contributed by atoms with E-state index in [0.717, 1.165) is 0 Å². The maximum absolute atomic E-state index is 11.3. The predicted octanol–water partition coefficient (Wildman–Crippen LogP) is 1.31. The van der Waals surface area contributed by atoms with E-state index in [1.807, 2.05) is 0 Å². The molecule has 0 fully saturated rings. The van der Waals surface area contributed by atoms with E-state index in [0.29, 0.717) is 5.69 Å². The molecule has 0 aliphatic carbocycles. The summed E-state index contributed by atoms with van der Waals surface area (Å²) in [6.45, 7) is 1.52. The minimum absolute atomic E-state index is 0.0375. The Kier molecular flexibility index (Phi) is 2.84. The highest BCUT2D eigenvalue weighted by molar-refractivity contribution is 5.96. The molecule has 1 heterocycles. The fourth-order valence-electron chi connectivity index (χ4n) is 0.979. The zero-order valence-electron chi connectivity index (χ0n) is 7.28. The molecule has 1 aromatic heterocycles. The van der Waals surface area contributed by atoms with Gasteiger partial charge in [-0.1, -0.05) is 6.92 Å². The van der Waals surface area contributed by atoms with Crippen LogP contribution in [0, 0.1) is 5.92 Å². The predicted molar refractivity (Wildman–Crippen MR) is 46.5 cm³/mol. The summed E-state index contributed by atoms with van der Waals surface area (Å²) in [4.78, 5) is 24.5. The van der Waals surface area contributed by atoms with Crippen LogP contribution in [0.4, 0.5) is 0 Å². The quantitative estimate of drug-likeness (QED) is 0.688. The van der Waals surface area contributed by atoms with Crippen molar-refractivity contribution < 1.29 is 14.7 Å². The topological polar surface area (TPSA) is 70.2 Å². The summed E-state index contributed by atoms with van der Waals surface area (Å²) in [7, 11) is 0. The Morgan fingerprint density at radius 2 is 2.31 bits per heavy atom. The van der Waals surface area contributed by atoms with Gasteiger partial charge in [0.15, 0.2) is 5.78 Å². The minimum Gasteiger partial charge on any atom is -0.481 e. The van der Waals surface area contributed by atoms with Gasteiger partial charge in [0, 0.05) is 12.6 Å². The molecule has 0 bridgehead atoms. The summed E-state index contributed by atoms with van der Waals surface area (Å²) in [5.74, 6) is -1.74. The van der Waals surface area contributed by atoms with Crippen molar-refractivity contribution in [2.45, 2.75) is 13.3 Å². The summed E-state index contributed by atoms with van der Waals surface area (Å²) in [5.41, 5.74) is 0.466. The van der Waals surface area contributed by atoms with Gasteiger partial charge in [0.1, 0.15) is 0 Å². The molecule has 0 aromatic carbocycles. The molecule has 0 aliphatic heterocycles. The zero-order chi connectivity index (χ0) is 9.84. The van der Waals surface area contributed by atoms with Crippen LogP contribution < -0.4 is 0 Å². The van der Waals surface area contributed by atoms with E-state index >= 15 is 0 Å². The first-order chi connectivity index (χ1) is 6.11. The monoisotopic (exact) mass is 181 g/mol. The van der Waals surface area contributed by atoms with E-state index in [2.05, 4.69) is 4.98 Å². The number of H-pyrrole nitrogens is 1. The molecule has 1 rings (SSSR count). The lowest BCUT2D eigenvalue weighted by Gasteiger charge is -2.02. The number of carbonyl (C=O) groups excluding carboxylic acids is 1. The Bertz CT molecular complexity index is 303. The number of carbonyl (C=O) groups is 2. The molecule has 13 heavy (non-hydrogen) atoms. The Hall–Kier alpha value is -1.58. The van der Waals surface area contributed by atoms with Gasteiger partial charge in [-0.2, -0.15) is 0 Å². The number of ketones is 1. The second kappa shape index (κ2) is 3.89. The van der Waals surface area contributed by atoms with Gasteiger partial charge in [-0.25, -0.2) is 0 Å². The van der Waals surface area contributed by atoms with Gasteiger partial charge in [0.2, 0.25) is 0 Å². The second-order valence-corrected chi connectivity index (χ2v) is 2.95. The van der Waals surface area contributed by atoms with E-state index in [1.165, 1.54) is 6.92 Å². The maximum atomic E-state index is 11.3. The molecular formula is C9H11NO3. The normalized spacial score (nSPS) is 12.4. The van der Waals surface area contributed by atoms with Crippen LogP contribution in [0.5, 0.6) is 0 Å². The lowest BCUT2D eigenvalue weighted by molar-refractivity contribution is -0.141. The first-order valence-electron chi connectivity index (χ1n) is 4.00. The molecule has 4 nitrogen and oxygen atoms in total. The van der Waals surface area contributed by atoms with Crippen molar-refractivity contribution in [1.82, 2.24) is 4.98 Å². The van der Waals surface area contributed by atoms with Crippen molar-refractivity contribution in [3.8, 4) is 0 Å². The summed E-state index contributed by atoms with van der Waals surface area (Å²) < 4.78 is 0. The van der Waals surface area contributed by atoms with Crippen LogP contribution in [0.1, 0.15) is 23.8 Å². The molecular weight excluding hydrogens is 170 g/mol. The number of rotatable bonds is 4. The highest BCUT2D eigenvalue weighted by Crippen LogP contribution is 2.07. The smallest absolute Gasteiger partial charge is 0.306 e. The molecule has 0 saturated carbocycles. The zero-order valence-corrected chi connectivity index (χ0v) is 7.28. The van der Waals surface area contributed by atoms with E-state index in [1.54, 1.807) is 18.3 Å². The Labute approximate surface area is 75.6 Å². The Balaban J connectivity index is 2.56. The number of aromatic amines is 1. The van der Waals surface area contributed by atoms with Crippen LogP contribution in [-0.4, -0.2) is 21.8 Å². The molecule has 0 aliphatic rings. The van der Waals surface area contributed by atoms with E-state index < -0.39 is 11.9 Å². The van der Waals surface area contributed by atoms with Crippen molar-refractivity contribution in [2.24, 2.45) is 5.92 Å². The standard InChI is InChI=1S/C9H11NO3/c1-6(9(12)13)5-8(11)7-3-2-4-10-7/h2-4,6,10H,5H2,1H3,(H,12,13). The number of nitrogens with one attached hydrogen (secondary N) is 1. The first-order valence-corrected chi connectivity index (χ1v) is 4.00. The minimum atomic E-state index is -0.945. The van der Waals surface area contributed by atoms with Crippen LogP contribution in [0.3, 0.4) is 0 Å². The molecule has 0 radical (unpaired) electrons. The summed E-state index contributed by atoms with van der Waals surface area (Å²) in [5, 5.41) is 8.57. The number of hydrogen-bond acceptors (Lipinski definition) is 2. The third-order valence-electron chi connectivity index (χ3n) is 1.81. The first kappa shape index (κ1) is 9.51. The largest absolute Gasteiger partial charge is 0.481 e. The van der Waals surface area contributed by atoms with Gasteiger partial charge >= 0.3 is 5.97 Å². The van der Waals surface area contributed by atoms with Crippen LogP contribution >= 0.6 is 0 Å². The van der Waals surface area contributed by atoms with Crippen LogP contribution in [-0.2, 0) is 4.79 Å². The second-order valence-electron chi connectivity index (χ2n) is 2.95. The number of hydrogen-bond donors (Lipinski definition) is 2. The molecule has 4 heteroatoms. The van der Waals surface area contributed by atoms with Crippen molar-refractivity contribution in [3.05, 3.63) is 24.0 Å². The van der Waals surface area contributed by atoms with Crippen LogP contribution in [0.2, 0.25) is 0 Å². The molecule has 0 amide bonds. The third-order valence-corrected chi connectivity index (χ3v) is 1.81. The van der Waals surface area contributed by atoms with Crippen LogP contribution in [0.25, 0.3) is 0 Å². The highest BCUT2D eigenvalue weighted by Gasteiger charge is 2.16. The van der Waals surface area contributed by atoms with Crippen LogP contribution in [0.15, 0.2) is 18.3 Å². The van der Waals surface area contributed by atoms with E-state index in [9.17, 15) is 9.59 Å². The fourth-order valence-corrected chi connectivity index (χ4v) is 0.979. The van der Waals surface area contributed by atoms with Gasteiger partial charge in [-0.05, 0) is 12.1 Å². The van der Waals surface area contributed by atoms with E-state index in [-0.39, 0.29) is 12.2 Å². The molecule has 1 atom stereocenters. The average Bonchev–Trinajstić information content (AvgIpc) is 2.55. The number of aliphatic carboxylic acids is 1. The van der Waals surface area contributed by atoms with Crippen molar-refractivity contribution in [2.75, 3.05) is 0 Å². The number of carboxylic acid groups (broad SMARTS) is 1. The number of Topliss-reactive ketones (excluding diaryl/α,β-unsaturated/α-hetero) is 1. The fraction of sp³-hybridized carbons (Fsp3) is 0.333. The van der Waals surface area contributed by atoms with Gasteiger partial charge in [0.05, 0.1) is 11.6 Å². The Morgan fingerprint density at radius 1 is 1.62 bits per heavy atom. The highest BCUT2D eigenvalue weighted by atomic mass is 16.4. The molecule has 70 valence electrons. The molecule has 2 N–H and O–H groups in total. The summed E-state index contributed by atoms with van der Waals surface area (Å²) in [6, 6.07) is 3.34. The maximum Gasteiger partial charge on any atom is 0.306 e.